The monoisotopic (exact) mass is 299 g/mol. The van der Waals surface area contributed by atoms with Gasteiger partial charge in [0.15, 0.2) is 0 Å². The van der Waals surface area contributed by atoms with Crippen LogP contribution >= 0.6 is 11.6 Å². The Morgan fingerprint density at radius 1 is 1.25 bits per heavy atom. The number of nitrogens with two attached hydrogens (primary N) is 2. The molecule has 8 heteroatoms. The molecule has 1 rings (SSSR count). The molecule has 1 aromatic carbocycles. The maximum Gasteiger partial charge on any atom is 0.323 e. The lowest BCUT2D eigenvalue weighted by Gasteiger charge is -2.23. The van der Waals surface area contributed by atoms with Crippen LogP contribution in [0.5, 0.6) is 0 Å². The average molecular weight is 300 g/mol. The largest absolute Gasteiger partial charge is 0.480 e. The number of benzene rings is 1. The van der Waals surface area contributed by atoms with Crippen LogP contribution in [0.25, 0.3) is 0 Å². The van der Waals surface area contributed by atoms with Gasteiger partial charge in [0.25, 0.3) is 0 Å². The summed E-state index contributed by atoms with van der Waals surface area (Å²) in [4.78, 5) is 34.7. The maximum absolute atomic E-state index is 12.1. The summed E-state index contributed by atoms with van der Waals surface area (Å²) in [6.45, 7) is -0.576. The van der Waals surface area contributed by atoms with Crippen LogP contribution in [-0.2, 0) is 14.4 Å². The Morgan fingerprint density at radius 3 is 2.25 bits per heavy atom. The minimum absolute atomic E-state index is 0.321. The van der Waals surface area contributed by atoms with Gasteiger partial charge in [-0.3, -0.25) is 19.3 Å². The van der Waals surface area contributed by atoms with Crippen molar-refractivity contribution in [2.45, 2.75) is 12.5 Å². The molecule has 0 aliphatic rings. The number of carboxylic acid groups (broad SMARTS) is 1. The highest BCUT2D eigenvalue weighted by molar-refractivity contribution is 6.30. The molecule has 2 amide bonds. The van der Waals surface area contributed by atoms with Crippen molar-refractivity contribution in [3.05, 3.63) is 29.3 Å². The lowest BCUT2D eigenvalue weighted by atomic mass is 10.1. The number of halogens is 1. The second-order valence-electron chi connectivity index (χ2n) is 4.07. The van der Waals surface area contributed by atoms with E-state index in [1.165, 1.54) is 24.3 Å². The number of hydrogen-bond acceptors (Lipinski definition) is 4. The fourth-order valence-electron chi connectivity index (χ4n) is 1.56. The van der Waals surface area contributed by atoms with E-state index in [0.717, 1.165) is 4.90 Å². The number of primary amides is 1. The zero-order chi connectivity index (χ0) is 15.3. The summed E-state index contributed by atoms with van der Waals surface area (Å²) in [6, 6.07) is 4.81. The van der Waals surface area contributed by atoms with Gasteiger partial charge in [-0.05, 0) is 24.3 Å². The minimum Gasteiger partial charge on any atom is -0.480 e. The number of carbonyl (C=O) groups excluding carboxylic acids is 2. The quantitative estimate of drug-likeness (QED) is 0.679. The molecule has 0 spiro atoms. The molecular formula is C12H14ClN3O4. The molecule has 0 fully saturated rings. The van der Waals surface area contributed by atoms with E-state index < -0.39 is 30.4 Å². The Balaban J connectivity index is 2.99. The van der Waals surface area contributed by atoms with Crippen molar-refractivity contribution in [1.29, 1.82) is 0 Å². The molecule has 7 nitrogen and oxygen atoms in total. The van der Waals surface area contributed by atoms with Crippen molar-refractivity contribution >= 4 is 35.1 Å². The highest BCUT2D eigenvalue weighted by Gasteiger charge is 2.25. The lowest BCUT2D eigenvalue weighted by Crippen LogP contribution is -2.47. The second-order valence-corrected chi connectivity index (χ2v) is 4.51. The van der Waals surface area contributed by atoms with E-state index in [4.69, 9.17) is 28.2 Å². The summed E-state index contributed by atoms with van der Waals surface area (Å²) in [7, 11) is 0. The molecule has 1 aromatic rings. The van der Waals surface area contributed by atoms with E-state index in [1.54, 1.807) is 0 Å². The Hall–Kier alpha value is -2.12. The normalized spacial score (nSPS) is 11.7. The minimum atomic E-state index is -1.21. The molecule has 5 N–H and O–H groups in total. The summed E-state index contributed by atoms with van der Waals surface area (Å²) in [5.41, 5.74) is 10.8. The van der Waals surface area contributed by atoms with Crippen molar-refractivity contribution in [2.75, 3.05) is 11.4 Å². The smallest absolute Gasteiger partial charge is 0.323 e. The van der Waals surface area contributed by atoms with Gasteiger partial charge in [0, 0.05) is 10.7 Å². The fourth-order valence-corrected chi connectivity index (χ4v) is 1.68. The molecule has 20 heavy (non-hydrogen) atoms. The fraction of sp³-hybridized carbons (Fsp3) is 0.250. The van der Waals surface area contributed by atoms with Crippen LogP contribution in [0.15, 0.2) is 24.3 Å². The van der Waals surface area contributed by atoms with E-state index in [9.17, 15) is 14.4 Å². The zero-order valence-electron chi connectivity index (χ0n) is 10.5. The van der Waals surface area contributed by atoms with Crippen LogP contribution in [0.2, 0.25) is 5.02 Å². The first-order valence-electron chi connectivity index (χ1n) is 5.64. The Bertz CT molecular complexity index is 518. The van der Waals surface area contributed by atoms with Crippen LogP contribution in [0.3, 0.4) is 0 Å². The first-order chi connectivity index (χ1) is 9.31. The molecular weight excluding hydrogens is 286 g/mol. The van der Waals surface area contributed by atoms with Crippen molar-refractivity contribution in [3.8, 4) is 0 Å². The lowest BCUT2D eigenvalue weighted by molar-refractivity contribution is -0.136. The van der Waals surface area contributed by atoms with Crippen LogP contribution in [0, 0.1) is 0 Å². The summed E-state index contributed by atoms with van der Waals surface area (Å²) < 4.78 is 0. The van der Waals surface area contributed by atoms with Gasteiger partial charge in [-0.15, -0.1) is 0 Å². The van der Waals surface area contributed by atoms with Gasteiger partial charge < -0.3 is 16.6 Å². The standard InChI is InChI=1S/C12H14ClN3O4/c13-7-1-3-8(4-2-7)16(6-11(18)19)12(20)9(14)5-10(15)17/h1-4,9H,5-6,14H2,(H2,15,17)(H,18,19). The molecule has 0 radical (unpaired) electrons. The summed E-state index contributed by atoms with van der Waals surface area (Å²) in [5, 5.41) is 9.30. The Labute approximate surface area is 120 Å². The number of rotatable bonds is 6. The highest BCUT2D eigenvalue weighted by Crippen LogP contribution is 2.19. The highest BCUT2D eigenvalue weighted by atomic mass is 35.5. The second kappa shape index (κ2) is 6.88. The van der Waals surface area contributed by atoms with E-state index in [0.29, 0.717) is 10.7 Å². The first-order valence-corrected chi connectivity index (χ1v) is 6.01. The third kappa shape index (κ3) is 4.52. The molecule has 0 bridgehead atoms. The molecule has 0 aromatic heterocycles. The number of nitrogens with zero attached hydrogens (tertiary/aromatic N) is 1. The van der Waals surface area contributed by atoms with Gasteiger partial charge in [-0.2, -0.15) is 0 Å². The van der Waals surface area contributed by atoms with Gasteiger partial charge in [0.2, 0.25) is 11.8 Å². The van der Waals surface area contributed by atoms with Crippen LogP contribution in [0.4, 0.5) is 5.69 Å². The zero-order valence-corrected chi connectivity index (χ0v) is 11.2. The molecule has 1 unspecified atom stereocenters. The number of anilines is 1. The van der Waals surface area contributed by atoms with Gasteiger partial charge in [-0.1, -0.05) is 11.6 Å². The summed E-state index contributed by atoms with van der Waals surface area (Å²) >= 11 is 5.73. The average Bonchev–Trinajstić information content (AvgIpc) is 2.35. The van der Waals surface area contributed by atoms with E-state index in [2.05, 4.69) is 0 Å². The SMILES string of the molecule is NC(=O)CC(N)C(=O)N(CC(=O)O)c1ccc(Cl)cc1. The number of amides is 2. The van der Waals surface area contributed by atoms with Crippen molar-refractivity contribution in [1.82, 2.24) is 0 Å². The third-order valence-electron chi connectivity index (χ3n) is 2.44. The van der Waals surface area contributed by atoms with Crippen molar-refractivity contribution in [3.63, 3.8) is 0 Å². The number of carbonyl (C=O) groups is 3. The van der Waals surface area contributed by atoms with E-state index in [-0.39, 0.29) is 6.42 Å². The van der Waals surface area contributed by atoms with Crippen molar-refractivity contribution in [2.24, 2.45) is 11.5 Å². The van der Waals surface area contributed by atoms with Gasteiger partial charge in [0.1, 0.15) is 6.54 Å². The topological polar surface area (TPSA) is 127 Å². The molecule has 0 aliphatic heterocycles. The van der Waals surface area contributed by atoms with Crippen LogP contribution in [0.1, 0.15) is 6.42 Å². The van der Waals surface area contributed by atoms with Gasteiger partial charge in [-0.25, -0.2) is 0 Å². The van der Waals surface area contributed by atoms with Gasteiger partial charge >= 0.3 is 5.97 Å². The molecule has 108 valence electrons. The van der Waals surface area contributed by atoms with Gasteiger partial charge in [0.05, 0.1) is 12.5 Å². The summed E-state index contributed by atoms with van der Waals surface area (Å²) in [5.74, 6) is -2.65. The Morgan fingerprint density at radius 2 is 1.80 bits per heavy atom. The number of aliphatic carboxylic acids is 1. The molecule has 1 atom stereocenters. The first kappa shape index (κ1) is 15.9. The number of hydrogen-bond donors (Lipinski definition) is 3. The summed E-state index contributed by atoms with van der Waals surface area (Å²) in [6.07, 6.45) is -0.359. The predicted octanol–water partition coefficient (Wildman–Crippen LogP) is -0.0397. The van der Waals surface area contributed by atoms with Crippen LogP contribution < -0.4 is 16.4 Å². The molecule has 0 heterocycles. The molecule has 0 aliphatic carbocycles. The molecule has 0 saturated heterocycles. The van der Waals surface area contributed by atoms with Crippen LogP contribution in [-0.4, -0.2) is 35.5 Å². The number of carboxylic acids is 1. The third-order valence-corrected chi connectivity index (χ3v) is 2.69. The Kier molecular flexibility index (Phi) is 5.48. The maximum atomic E-state index is 12.1. The molecule has 0 saturated carbocycles. The predicted molar refractivity (Wildman–Crippen MR) is 73.2 cm³/mol. The van der Waals surface area contributed by atoms with Crippen molar-refractivity contribution < 1.29 is 19.5 Å². The van der Waals surface area contributed by atoms with E-state index in [1.807, 2.05) is 0 Å². The van der Waals surface area contributed by atoms with E-state index >= 15 is 0 Å².